The quantitative estimate of drug-likeness (QED) is 0.772. The third kappa shape index (κ3) is 2.07. The van der Waals surface area contributed by atoms with Crippen molar-refractivity contribution in [3.8, 4) is 0 Å². The lowest BCUT2D eigenvalue weighted by atomic mass is 9.76. The van der Waals surface area contributed by atoms with Gasteiger partial charge in [-0.3, -0.25) is 0 Å². The maximum Gasteiger partial charge on any atom is 0.0726 e. The average molecular weight is 211 g/mol. The second-order valence-corrected chi connectivity index (χ2v) is 5.75. The third-order valence-corrected chi connectivity index (χ3v) is 4.76. The molecule has 0 saturated heterocycles. The Morgan fingerprint density at radius 1 is 1.20 bits per heavy atom. The second-order valence-electron chi connectivity index (χ2n) is 5.75. The van der Waals surface area contributed by atoms with E-state index in [-0.39, 0.29) is 11.6 Å². The fourth-order valence-electron chi connectivity index (χ4n) is 3.33. The summed E-state index contributed by atoms with van der Waals surface area (Å²) in [6.07, 6.45) is 9.98. The molecule has 0 aliphatic heterocycles. The highest BCUT2D eigenvalue weighted by molar-refractivity contribution is 4.99. The van der Waals surface area contributed by atoms with Crippen LogP contribution in [0.25, 0.3) is 0 Å². The number of likely N-dealkylation sites (N-methyl/N-ethyl adjacent to an activating group) is 1. The SMILES string of the molecule is CN(C)C1(C(O)CC2CCC2)CCCC1. The zero-order valence-electron chi connectivity index (χ0n) is 10.2. The number of rotatable bonds is 4. The monoisotopic (exact) mass is 211 g/mol. The first-order valence-corrected chi connectivity index (χ1v) is 6.51. The van der Waals surface area contributed by atoms with Gasteiger partial charge in [-0.1, -0.05) is 32.1 Å². The summed E-state index contributed by atoms with van der Waals surface area (Å²) in [6, 6.07) is 0. The molecular formula is C13H25NO. The molecule has 2 nitrogen and oxygen atoms in total. The fraction of sp³-hybridized carbons (Fsp3) is 1.00. The summed E-state index contributed by atoms with van der Waals surface area (Å²) < 4.78 is 0. The van der Waals surface area contributed by atoms with Crippen molar-refractivity contribution in [1.82, 2.24) is 4.90 Å². The minimum absolute atomic E-state index is 0.0969. The first kappa shape index (κ1) is 11.4. The van der Waals surface area contributed by atoms with Crippen LogP contribution in [0.15, 0.2) is 0 Å². The summed E-state index contributed by atoms with van der Waals surface area (Å²) in [5.74, 6) is 0.817. The Balaban J connectivity index is 1.96. The highest BCUT2D eigenvalue weighted by Crippen LogP contribution is 2.41. The molecular weight excluding hydrogens is 186 g/mol. The second kappa shape index (κ2) is 4.42. The molecule has 2 heteroatoms. The molecule has 0 radical (unpaired) electrons. The van der Waals surface area contributed by atoms with E-state index in [1.165, 1.54) is 44.9 Å². The van der Waals surface area contributed by atoms with Gasteiger partial charge in [-0.2, -0.15) is 0 Å². The first-order valence-electron chi connectivity index (χ1n) is 6.51. The van der Waals surface area contributed by atoms with Crippen molar-refractivity contribution in [2.24, 2.45) is 5.92 Å². The van der Waals surface area contributed by atoms with Gasteiger partial charge in [0.25, 0.3) is 0 Å². The molecule has 2 rings (SSSR count). The lowest BCUT2D eigenvalue weighted by Crippen LogP contribution is -2.52. The van der Waals surface area contributed by atoms with Crippen LogP contribution in [0.1, 0.15) is 51.4 Å². The Kier molecular flexibility index (Phi) is 3.36. The number of nitrogens with zero attached hydrogens (tertiary/aromatic N) is 1. The zero-order valence-corrected chi connectivity index (χ0v) is 10.2. The van der Waals surface area contributed by atoms with E-state index in [9.17, 15) is 5.11 Å². The molecule has 0 heterocycles. The Hall–Kier alpha value is -0.0800. The van der Waals surface area contributed by atoms with Gasteiger partial charge in [-0.05, 0) is 39.3 Å². The van der Waals surface area contributed by atoms with Crippen LogP contribution in [-0.2, 0) is 0 Å². The van der Waals surface area contributed by atoms with Crippen LogP contribution >= 0.6 is 0 Å². The van der Waals surface area contributed by atoms with Gasteiger partial charge in [0, 0.05) is 5.54 Å². The molecule has 0 aromatic rings. The predicted molar refractivity (Wildman–Crippen MR) is 62.9 cm³/mol. The zero-order chi connectivity index (χ0) is 10.9. The van der Waals surface area contributed by atoms with Gasteiger partial charge in [-0.15, -0.1) is 0 Å². The fourth-order valence-corrected chi connectivity index (χ4v) is 3.33. The van der Waals surface area contributed by atoms with Gasteiger partial charge in [-0.25, -0.2) is 0 Å². The molecule has 2 aliphatic carbocycles. The molecule has 1 atom stereocenters. The van der Waals surface area contributed by atoms with Crippen molar-refractivity contribution >= 4 is 0 Å². The van der Waals surface area contributed by atoms with Crippen LogP contribution in [0.2, 0.25) is 0 Å². The van der Waals surface area contributed by atoms with Crippen LogP contribution in [0.5, 0.6) is 0 Å². The largest absolute Gasteiger partial charge is 0.391 e. The van der Waals surface area contributed by atoms with Crippen LogP contribution in [0.3, 0.4) is 0 Å². The van der Waals surface area contributed by atoms with Crippen LogP contribution < -0.4 is 0 Å². The smallest absolute Gasteiger partial charge is 0.0726 e. The molecule has 15 heavy (non-hydrogen) atoms. The Morgan fingerprint density at radius 2 is 1.80 bits per heavy atom. The van der Waals surface area contributed by atoms with E-state index in [0.29, 0.717) is 0 Å². The van der Waals surface area contributed by atoms with Gasteiger partial charge in [0.1, 0.15) is 0 Å². The van der Waals surface area contributed by atoms with Crippen molar-refractivity contribution in [2.75, 3.05) is 14.1 Å². The molecule has 0 aromatic carbocycles. The van der Waals surface area contributed by atoms with Crippen molar-refractivity contribution in [3.05, 3.63) is 0 Å². The predicted octanol–water partition coefficient (Wildman–Crippen LogP) is 2.41. The molecule has 88 valence electrons. The summed E-state index contributed by atoms with van der Waals surface area (Å²) in [6.45, 7) is 0. The maximum atomic E-state index is 10.5. The van der Waals surface area contributed by atoms with Crippen molar-refractivity contribution in [2.45, 2.75) is 63.0 Å². The minimum Gasteiger partial charge on any atom is -0.391 e. The summed E-state index contributed by atoms with van der Waals surface area (Å²) >= 11 is 0. The molecule has 2 aliphatic rings. The number of hydrogen-bond donors (Lipinski definition) is 1. The molecule has 2 saturated carbocycles. The van der Waals surface area contributed by atoms with E-state index in [0.717, 1.165) is 12.3 Å². The van der Waals surface area contributed by atoms with Crippen LogP contribution in [-0.4, -0.2) is 35.7 Å². The molecule has 0 aromatic heterocycles. The molecule has 1 unspecified atom stereocenters. The van der Waals surface area contributed by atoms with Gasteiger partial charge < -0.3 is 10.0 Å². The lowest BCUT2D eigenvalue weighted by molar-refractivity contribution is -0.0236. The maximum absolute atomic E-state index is 10.5. The van der Waals surface area contributed by atoms with E-state index >= 15 is 0 Å². The van der Waals surface area contributed by atoms with Gasteiger partial charge >= 0.3 is 0 Å². The Bertz CT molecular complexity index is 205. The van der Waals surface area contributed by atoms with Crippen molar-refractivity contribution in [1.29, 1.82) is 0 Å². The van der Waals surface area contributed by atoms with Crippen LogP contribution in [0, 0.1) is 5.92 Å². The molecule has 0 bridgehead atoms. The molecule has 2 fully saturated rings. The standard InChI is InChI=1S/C13H25NO/c1-14(2)13(8-3-4-9-13)12(15)10-11-6-5-7-11/h11-12,15H,3-10H2,1-2H3. The van der Waals surface area contributed by atoms with E-state index in [1.54, 1.807) is 0 Å². The Labute approximate surface area is 93.7 Å². The first-order chi connectivity index (χ1) is 7.15. The van der Waals surface area contributed by atoms with Gasteiger partial charge in [0.2, 0.25) is 0 Å². The molecule has 1 N–H and O–H groups in total. The summed E-state index contributed by atoms with van der Waals surface area (Å²) in [4.78, 5) is 2.28. The normalized spacial score (nSPS) is 28.0. The highest BCUT2D eigenvalue weighted by atomic mass is 16.3. The number of aliphatic hydroxyl groups excluding tert-OH is 1. The van der Waals surface area contributed by atoms with Crippen molar-refractivity contribution < 1.29 is 5.11 Å². The topological polar surface area (TPSA) is 23.5 Å². The van der Waals surface area contributed by atoms with Crippen molar-refractivity contribution in [3.63, 3.8) is 0 Å². The van der Waals surface area contributed by atoms with Crippen LogP contribution in [0.4, 0.5) is 0 Å². The highest BCUT2D eigenvalue weighted by Gasteiger charge is 2.43. The molecule has 0 spiro atoms. The van der Waals surface area contributed by atoms with E-state index in [4.69, 9.17) is 0 Å². The van der Waals surface area contributed by atoms with E-state index in [2.05, 4.69) is 19.0 Å². The summed E-state index contributed by atoms with van der Waals surface area (Å²) in [7, 11) is 4.27. The minimum atomic E-state index is -0.0969. The molecule has 0 amide bonds. The summed E-state index contributed by atoms with van der Waals surface area (Å²) in [5.41, 5.74) is 0.107. The third-order valence-electron chi connectivity index (χ3n) is 4.76. The van der Waals surface area contributed by atoms with E-state index < -0.39 is 0 Å². The Morgan fingerprint density at radius 3 is 2.20 bits per heavy atom. The van der Waals surface area contributed by atoms with Gasteiger partial charge in [0.05, 0.1) is 6.10 Å². The summed E-state index contributed by atoms with van der Waals surface area (Å²) in [5, 5.41) is 10.5. The lowest BCUT2D eigenvalue weighted by Gasteiger charge is -2.43. The number of aliphatic hydroxyl groups is 1. The van der Waals surface area contributed by atoms with Gasteiger partial charge in [0.15, 0.2) is 0 Å². The number of hydrogen-bond acceptors (Lipinski definition) is 2. The van der Waals surface area contributed by atoms with E-state index in [1.807, 2.05) is 0 Å². The average Bonchev–Trinajstić information content (AvgIpc) is 2.60.